The van der Waals surface area contributed by atoms with Gasteiger partial charge in [0.05, 0.1) is 0 Å². The standard InChI is InChI=1S/C7H4BrO3/c8-4-2-1-3-5(9)6(4)7(10)11/h1,3,9H,(H,10,11). The van der Waals surface area contributed by atoms with Crippen LogP contribution in [0.3, 0.4) is 0 Å². The summed E-state index contributed by atoms with van der Waals surface area (Å²) in [5.74, 6) is -1.44. The van der Waals surface area contributed by atoms with E-state index in [4.69, 9.17) is 10.2 Å². The van der Waals surface area contributed by atoms with Gasteiger partial charge in [-0.25, -0.2) is 4.79 Å². The van der Waals surface area contributed by atoms with Gasteiger partial charge in [-0.15, -0.1) is 0 Å². The molecule has 0 fully saturated rings. The van der Waals surface area contributed by atoms with Gasteiger partial charge in [0.25, 0.3) is 0 Å². The first-order chi connectivity index (χ1) is 5.13. The third-order valence-electron chi connectivity index (χ3n) is 1.14. The molecule has 0 aliphatic rings. The Morgan fingerprint density at radius 1 is 1.64 bits per heavy atom. The number of carboxylic acids is 1. The molecule has 0 amide bonds. The van der Waals surface area contributed by atoms with Gasteiger partial charge in [0, 0.05) is 4.47 Å². The number of hydrogen-bond donors (Lipinski definition) is 2. The summed E-state index contributed by atoms with van der Waals surface area (Å²) in [4.78, 5) is 10.4. The van der Waals surface area contributed by atoms with Gasteiger partial charge in [0.15, 0.2) is 0 Å². The molecule has 1 aromatic rings. The Morgan fingerprint density at radius 3 is 2.64 bits per heavy atom. The zero-order chi connectivity index (χ0) is 8.43. The molecule has 0 spiro atoms. The van der Waals surface area contributed by atoms with Gasteiger partial charge in [0.2, 0.25) is 0 Å². The second kappa shape index (κ2) is 2.92. The molecule has 2 N–H and O–H groups in total. The average Bonchev–Trinajstić information content (AvgIpc) is 1.85. The van der Waals surface area contributed by atoms with E-state index in [1.807, 2.05) is 0 Å². The van der Waals surface area contributed by atoms with E-state index >= 15 is 0 Å². The third-order valence-corrected chi connectivity index (χ3v) is 1.77. The summed E-state index contributed by atoms with van der Waals surface area (Å²) in [6.45, 7) is 0. The number of halogens is 1. The van der Waals surface area contributed by atoms with Gasteiger partial charge in [-0.3, -0.25) is 0 Å². The number of phenols is 1. The highest BCUT2D eigenvalue weighted by Crippen LogP contribution is 2.24. The summed E-state index contributed by atoms with van der Waals surface area (Å²) in [5, 5.41) is 17.6. The Kier molecular flexibility index (Phi) is 2.14. The van der Waals surface area contributed by atoms with Gasteiger partial charge in [0.1, 0.15) is 11.3 Å². The number of benzene rings is 1. The second-order valence-corrected chi connectivity index (χ2v) is 2.65. The van der Waals surface area contributed by atoms with Crippen molar-refractivity contribution in [3.8, 4) is 5.75 Å². The molecule has 3 nitrogen and oxygen atoms in total. The molecule has 0 aromatic heterocycles. The van der Waals surface area contributed by atoms with Crippen LogP contribution in [0.25, 0.3) is 0 Å². The molecule has 4 heteroatoms. The van der Waals surface area contributed by atoms with Crippen molar-refractivity contribution in [2.75, 3.05) is 0 Å². The molecule has 0 heterocycles. The first-order valence-electron chi connectivity index (χ1n) is 2.75. The molecule has 0 unspecified atom stereocenters. The lowest BCUT2D eigenvalue weighted by atomic mass is 10.2. The minimum atomic E-state index is -1.17. The highest BCUT2D eigenvalue weighted by molar-refractivity contribution is 9.10. The topological polar surface area (TPSA) is 57.5 Å². The van der Waals surface area contributed by atoms with Crippen molar-refractivity contribution < 1.29 is 15.0 Å². The van der Waals surface area contributed by atoms with Crippen LogP contribution in [0.4, 0.5) is 0 Å². The monoisotopic (exact) mass is 215 g/mol. The molecule has 0 atom stereocenters. The van der Waals surface area contributed by atoms with E-state index in [1.54, 1.807) is 0 Å². The molecule has 0 saturated carbocycles. The Hall–Kier alpha value is -1.03. The van der Waals surface area contributed by atoms with Crippen molar-refractivity contribution in [2.24, 2.45) is 0 Å². The van der Waals surface area contributed by atoms with E-state index in [0.29, 0.717) is 0 Å². The molecule has 0 aliphatic carbocycles. The zero-order valence-electron chi connectivity index (χ0n) is 5.34. The quantitative estimate of drug-likeness (QED) is 0.750. The predicted octanol–water partition coefficient (Wildman–Crippen LogP) is 1.65. The summed E-state index contributed by atoms with van der Waals surface area (Å²) in [6.07, 6.45) is 0. The predicted molar refractivity (Wildman–Crippen MR) is 41.6 cm³/mol. The van der Waals surface area contributed by atoms with Crippen molar-refractivity contribution in [3.63, 3.8) is 0 Å². The van der Waals surface area contributed by atoms with Crippen molar-refractivity contribution in [3.05, 3.63) is 28.2 Å². The fourth-order valence-electron chi connectivity index (χ4n) is 0.665. The summed E-state index contributed by atoms with van der Waals surface area (Å²) in [7, 11) is 0. The van der Waals surface area contributed by atoms with Crippen LogP contribution in [-0.4, -0.2) is 16.2 Å². The van der Waals surface area contributed by atoms with Gasteiger partial charge in [-0.2, -0.15) is 0 Å². The molecular formula is C7H4BrO3. The Bertz CT molecular complexity index is 275. The van der Waals surface area contributed by atoms with Crippen molar-refractivity contribution in [1.82, 2.24) is 0 Å². The SMILES string of the molecule is O=C(O)c1c(Br)[c]ccc1O. The lowest BCUT2D eigenvalue weighted by molar-refractivity contribution is 0.0692. The maximum Gasteiger partial charge on any atom is 0.340 e. The minimum absolute atomic E-state index is 0.160. The van der Waals surface area contributed by atoms with Crippen LogP contribution >= 0.6 is 15.9 Å². The van der Waals surface area contributed by atoms with Crippen molar-refractivity contribution in [2.45, 2.75) is 0 Å². The van der Waals surface area contributed by atoms with Gasteiger partial charge >= 0.3 is 5.97 Å². The highest BCUT2D eigenvalue weighted by atomic mass is 79.9. The number of aromatic hydroxyl groups is 1. The van der Waals surface area contributed by atoms with Crippen LogP contribution < -0.4 is 0 Å². The Morgan fingerprint density at radius 2 is 2.27 bits per heavy atom. The van der Waals surface area contributed by atoms with Crippen LogP contribution in [0.5, 0.6) is 5.75 Å². The lowest BCUT2D eigenvalue weighted by Gasteiger charge is -1.99. The van der Waals surface area contributed by atoms with Crippen molar-refractivity contribution >= 4 is 21.9 Å². The van der Waals surface area contributed by atoms with E-state index in [-0.39, 0.29) is 15.8 Å². The summed E-state index contributed by atoms with van der Waals surface area (Å²) in [6, 6.07) is 5.31. The van der Waals surface area contributed by atoms with Crippen LogP contribution in [0, 0.1) is 6.07 Å². The van der Waals surface area contributed by atoms with E-state index < -0.39 is 5.97 Å². The Balaban J connectivity index is 3.32. The van der Waals surface area contributed by atoms with Crippen LogP contribution in [0.15, 0.2) is 16.6 Å². The number of carboxylic acid groups (broad SMARTS) is 1. The summed E-state index contributed by atoms with van der Waals surface area (Å²) in [5.41, 5.74) is -0.160. The molecule has 1 aromatic carbocycles. The Labute approximate surface area is 71.4 Å². The molecule has 0 aliphatic heterocycles. The largest absolute Gasteiger partial charge is 0.507 e. The fraction of sp³-hybridized carbons (Fsp3) is 0. The smallest absolute Gasteiger partial charge is 0.340 e. The third kappa shape index (κ3) is 1.51. The zero-order valence-corrected chi connectivity index (χ0v) is 6.92. The van der Waals surface area contributed by atoms with E-state index in [9.17, 15) is 4.79 Å². The average molecular weight is 216 g/mol. The van der Waals surface area contributed by atoms with Crippen LogP contribution in [0.2, 0.25) is 0 Å². The molecule has 57 valence electrons. The molecule has 1 rings (SSSR count). The summed E-state index contributed by atoms with van der Waals surface area (Å²) >= 11 is 2.95. The number of carbonyl (C=O) groups is 1. The second-order valence-electron chi connectivity index (χ2n) is 1.86. The van der Waals surface area contributed by atoms with Crippen molar-refractivity contribution in [1.29, 1.82) is 0 Å². The lowest BCUT2D eigenvalue weighted by Crippen LogP contribution is -1.97. The van der Waals surface area contributed by atoms with Gasteiger partial charge < -0.3 is 10.2 Å². The number of hydrogen-bond acceptors (Lipinski definition) is 2. The first-order valence-corrected chi connectivity index (χ1v) is 3.54. The van der Waals surface area contributed by atoms with E-state index in [2.05, 4.69) is 22.0 Å². The summed E-state index contributed by atoms with van der Waals surface area (Å²) < 4.78 is 0.255. The highest BCUT2D eigenvalue weighted by Gasteiger charge is 2.12. The van der Waals surface area contributed by atoms with E-state index in [1.165, 1.54) is 12.1 Å². The molecule has 11 heavy (non-hydrogen) atoms. The van der Waals surface area contributed by atoms with Gasteiger partial charge in [-0.1, -0.05) is 0 Å². The fourth-order valence-corrected chi connectivity index (χ4v) is 1.17. The first kappa shape index (κ1) is 8.07. The number of aromatic carboxylic acids is 1. The molecule has 0 bridgehead atoms. The van der Waals surface area contributed by atoms with Crippen LogP contribution in [-0.2, 0) is 0 Å². The van der Waals surface area contributed by atoms with Crippen LogP contribution in [0.1, 0.15) is 10.4 Å². The normalized spacial score (nSPS) is 9.55. The molecule has 1 radical (unpaired) electrons. The number of rotatable bonds is 1. The minimum Gasteiger partial charge on any atom is -0.507 e. The molecule has 0 saturated heterocycles. The van der Waals surface area contributed by atoms with Gasteiger partial charge in [-0.05, 0) is 34.1 Å². The van der Waals surface area contributed by atoms with E-state index in [0.717, 1.165) is 0 Å². The maximum atomic E-state index is 10.4. The maximum absolute atomic E-state index is 10.4. The molecular weight excluding hydrogens is 212 g/mol.